The molecule has 0 saturated carbocycles. The number of nitrogens with zero attached hydrogens (tertiary/aromatic N) is 1. The van der Waals surface area contributed by atoms with Crippen molar-refractivity contribution in [2.75, 3.05) is 11.5 Å². The van der Waals surface area contributed by atoms with Gasteiger partial charge in [-0.25, -0.2) is 0 Å². The van der Waals surface area contributed by atoms with Gasteiger partial charge in [-0.3, -0.25) is 4.79 Å². The lowest BCUT2D eigenvalue weighted by atomic mass is 10.2. The number of amides is 1. The van der Waals surface area contributed by atoms with Crippen LogP contribution in [0.3, 0.4) is 0 Å². The number of benzene rings is 1. The molecule has 5 heteroatoms. The minimum Gasteiger partial charge on any atom is -0.474 e. The number of rotatable bonds is 6. The number of hydrogen-bond acceptors (Lipinski definition) is 4. The van der Waals surface area contributed by atoms with Crippen LogP contribution in [0.1, 0.15) is 4.88 Å². The van der Waals surface area contributed by atoms with Gasteiger partial charge in [-0.2, -0.15) is 0 Å². The second-order valence-corrected chi connectivity index (χ2v) is 6.56. The zero-order chi connectivity index (χ0) is 15.2. The van der Waals surface area contributed by atoms with E-state index in [1.165, 1.54) is 11.3 Å². The Bertz CT molecular complexity index is 694. The van der Waals surface area contributed by atoms with Crippen molar-refractivity contribution in [2.45, 2.75) is 6.54 Å². The Morgan fingerprint density at radius 1 is 0.955 bits per heavy atom. The molecule has 2 heterocycles. The smallest absolute Gasteiger partial charge is 0.265 e. The van der Waals surface area contributed by atoms with Gasteiger partial charge in [0.2, 0.25) is 0 Å². The third kappa shape index (κ3) is 3.75. The predicted molar refractivity (Wildman–Crippen MR) is 91.8 cm³/mol. The Balaban J connectivity index is 1.74. The van der Waals surface area contributed by atoms with Crippen molar-refractivity contribution in [3.8, 4) is 5.06 Å². The van der Waals surface area contributed by atoms with Gasteiger partial charge in [0.05, 0.1) is 6.54 Å². The summed E-state index contributed by atoms with van der Waals surface area (Å²) in [6.45, 7) is 0.606. The molecule has 22 heavy (non-hydrogen) atoms. The van der Waals surface area contributed by atoms with E-state index in [0.29, 0.717) is 6.54 Å². The van der Waals surface area contributed by atoms with Gasteiger partial charge < -0.3 is 9.64 Å². The molecule has 0 unspecified atom stereocenters. The third-order valence-corrected chi connectivity index (χ3v) is 4.74. The fourth-order valence-electron chi connectivity index (χ4n) is 2.05. The average molecular weight is 329 g/mol. The van der Waals surface area contributed by atoms with Crippen LogP contribution >= 0.6 is 22.7 Å². The Morgan fingerprint density at radius 3 is 2.41 bits per heavy atom. The largest absolute Gasteiger partial charge is 0.474 e. The summed E-state index contributed by atoms with van der Waals surface area (Å²) in [5, 5.41) is 4.71. The maximum absolute atomic E-state index is 12.6. The van der Waals surface area contributed by atoms with Crippen LogP contribution in [-0.2, 0) is 11.3 Å². The van der Waals surface area contributed by atoms with Gasteiger partial charge in [0, 0.05) is 10.6 Å². The predicted octanol–water partition coefficient (Wildman–Crippen LogP) is 4.42. The fourth-order valence-corrected chi connectivity index (χ4v) is 3.31. The van der Waals surface area contributed by atoms with E-state index in [-0.39, 0.29) is 12.5 Å². The average Bonchev–Trinajstić information content (AvgIpc) is 3.24. The third-order valence-electron chi connectivity index (χ3n) is 3.10. The molecule has 1 amide bonds. The van der Waals surface area contributed by atoms with Gasteiger partial charge in [-0.1, -0.05) is 24.3 Å². The second-order valence-electron chi connectivity index (χ2n) is 4.62. The lowest BCUT2D eigenvalue weighted by Crippen LogP contribution is -2.34. The molecule has 0 atom stereocenters. The molecule has 0 saturated heterocycles. The fraction of sp³-hybridized carbons (Fsp3) is 0.118. The quantitative estimate of drug-likeness (QED) is 0.670. The number of thiophene rings is 2. The zero-order valence-electron chi connectivity index (χ0n) is 11.8. The molecular formula is C17H15NO2S2. The number of hydrogen-bond donors (Lipinski definition) is 0. The number of ether oxygens (including phenoxy) is 1. The molecule has 3 rings (SSSR count). The van der Waals surface area contributed by atoms with Crippen LogP contribution in [0.15, 0.2) is 65.4 Å². The van der Waals surface area contributed by atoms with Crippen molar-refractivity contribution in [1.82, 2.24) is 0 Å². The van der Waals surface area contributed by atoms with Crippen molar-refractivity contribution in [3.05, 3.63) is 70.2 Å². The van der Waals surface area contributed by atoms with Crippen molar-refractivity contribution in [2.24, 2.45) is 0 Å². The number of anilines is 1. The van der Waals surface area contributed by atoms with E-state index >= 15 is 0 Å². The van der Waals surface area contributed by atoms with E-state index < -0.39 is 0 Å². The summed E-state index contributed by atoms with van der Waals surface area (Å²) < 4.78 is 5.56. The summed E-state index contributed by atoms with van der Waals surface area (Å²) in [4.78, 5) is 15.5. The molecular weight excluding hydrogens is 314 g/mol. The lowest BCUT2D eigenvalue weighted by Gasteiger charge is -2.22. The van der Waals surface area contributed by atoms with Crippen LogP contribution in [-0.4, -0.2) is 12.5 Å². The lowest BCUT2D eigenvalue weighted by molar-refractivity contribution is -0.120. The zero-order valence-corrected chi connectivity index (χ0v) is 13.5. The summed E-state index contributed by atoms with van der Waals surface area (Å²) in [6.07, 6.45) is 0. The van der Waals surface area contributed by atoms with Crippen LogP contribution in [0.5, 0.6) is 5.06 Å². The van der Waals surface area contributed by atoms with Gasteiger partial charge in [-0.05, 0) is 41.1 Å². The van der Waals surface area contributed by atoms with E-state index in [1.54, 1.807) is 16.2 Å². The maximum Gasteiger partial charge on any atom is 0.265 e. The number of para-hydroxylation sites is 1. The molecule has 0 radical (unpaired) electrons. The summed E-state index contributed by atoms with van der Waals surface area (Å²) in [6, 6.07) is 17.5. The molecule has 0 bridgehead atoms. The summed E-state index contributed by atoms with van der Waals surface area (Å²) in [7, 11) is 0. The minimum atomic E-state index is -0.0481. The maximum atomic E-state index is 12.6. The van der Waals surface area contributed by atoms with E-state index in [9.17, 15) is 4.79 Å². The highest BCUT2D eigenvalue weighted by Crippen LogP contribution is 2.21. The topological polar surface area (TPSA) is 29.5 Å². The van der Waals surface area contributed by atoms with Gasteiger partial charge in [0.15, 0.2) is 11.7 Å². The van der Waals surface area contributed by atoms with Crippen LogP contribution in [0.2, 0.25) is 0 Å². The van der Waals surface area contributed by atoms with Crippen LogP contribution in [0.4, 0.5) is 5.69 Å². The van der Waals surface area contributed by atoms with E-state index in [4.69, 9.17) is 4.74 Å². The standard InChI is InChI=1S/C17H15NO2S2/c19-16(13-20-17-9-5-11-22-17)18(12-15-8-4-10-21-15)14-6-2-1-3-7-14/h1-11H,12-13H2. The summed E-state index contributed by atoms with van der Waals surface area (Å²) in [5.74, 6) is -0.0481. The van der Waals surface area contributed by atoms with Crippen molar-refractivity contribution in [1.29, 1.82) is 0 Å². The van der Waals surface area contributed by atoms with Crippen molar-refractivity contribution >= 4 is 34.3 Å². The van der Waals surface area contributed by atoms with Gasteiger partial charge in [0.25, 0.3) is 5.91 Å². The highest BCUT2D eigenvalue weighted by molar-refractivity contribution is 7.11. The molecule has 0 fully saturated rings. The van der Waals surface area contributed by atoms with E-state index in [1.807, 2.05) is 65.4 Å². The minimum absolute atomic E-state index is 0.0424. The molecule has 0 aliphatic rings. The second kappa shape index (κ2) is 7.24. The van der Waals surface area contributed by atoms with E-state index in [2.05, 4.69) is 0 Å². The molecule has 112 valence electrons. The molecule has 0 N–H and O–H groups in total. The Kier molecular flexibility index (Phi) is 4.88. The number of carbonyl (C=O) groups is 1. The van der Waals surface area contributed by atoms with Crippen molar-refractivity contribution < 1.29 is 9.53 Å². The summed E-state index contributed by atoms with van der Waals surface area (Å²) in [5.41, 5.74) is 0.885. The first-order chi connectivity index (χ1) is 10.8. The van der Waals surface area contributed by atoms with Crippen LogP contribution < -0.4 is 9.64 Å². The monoisotopic (exact) mass is 329 g/mol. The van der Waals surface area contributed by atoms with Gasteiger partial charge in [0.1, 0.15) is 0 Å². The molecule has 1 aromatic carbocycles. The Morgan fingerprint density at radius 2 is 1.73 bits per heavy atom. The molecule has 0 spiro atoms. The molecule has 3 nitrogen and oxygen atoms in total. The van der Waals surface area contributed by atoms with Crippen LogP contribution in [0, 0.1) is 0 Å². The SMILES string of the molecule is O=C(COc1cccs1)N(Cc1cccs1)c1ccccc1. The first-order valence-corrected chi connectivity index (χ1v) is 8.63. The highest BCUT2D eigenvalue weighted by Gasteiger charge is 2.17. The highest BCUT2D eigenvalue weighted by atomic mass is 32.1. The Labute approximate surface area is 137 Å². The molecule has 0 aliphatic heterocycles. The molecule has 3 aromatic rings. The van der Waals surface area contributed by atoms with Gasteiger partial charge >= 0.3 is 0 Å². The molecule has 2 aromatic heterocycles. The first kappa shape index (κ1) is 14.8. The molecule has 0 aliphatic carbocycles. The van der Waals surface area contributed by atoms with E-state index in [0.717, 1.165) is 15.6 Å². The number of carbonyl (C=O) groups excluding carboxylic acids is 1. The van der Waals surface area contributed by atoms with Crippen LogP contribution in [0.25, 0.3) is 0 Å². The first-order valence-electron chi connectivity index (χ1n) is 6.87. The normalized spacial score (nSPS) is 10.4. The Hall–Kier alpha value is -2.11. The van der Waals surface area contributed by atoms with Gasteiger partial charge in [-0.15, -0.1) is 22.7 Å². The van der Waals surface area contributed by atoms with Crippen molar-refractivity contribution in [3.63, 3.8) is 0 Å². The summed E-state index contributed by atoms with van der Waals surface area (Å²) >= 11 is 3.13.